The second-order valence-electron chi connectivity index (χ2n) is 11.8. The molecule has 0 unspecified atom stereocenters. The van der Waals surface area contributed by atoms with Crippen molar-refractivity contribution < 1.29 is 0 Å². The van der Waals surface area contributed by atoms with Crippen LogP contribution in [0, 0.1) is 0 Å². The quantitative estimate of drug-likeness (QED) is 0.175. The van der Waals surface area contributed by atoms with Gasteiger partial charge in [0.05, 0.1) is 22.4 Å². The third-order valence-electron chi connectivity index (χ3n) is 8.85. The average Bonchev–Trinajstić information content (AvgIpc) is 3.56. The Labute approximate surface area is 278 Å². The number of aromatic nitrogens is 4. The van der Waals surface area contributed by atoms with E-state index in [9.17, 15) is 0 Å². The summed E-state index contributed by atoms with van der Waals surface area (Å²) in [5.41, 5.74) is 12.3. The molecule has 0 aliphatic carbocycles. The van der Waals surface area contributed by atoms with E-state index in [1.54, 1.807) is 0 Å². The van der Waals surface area contributed by atoms with Crippen molar-refractivity contribution in [1.29, 1.82) is 0 Å². The first-order valence-electron chi connectivity index (χ1n) is 16.0. The highest BCUT2D eigenvalue weighted by molar-refractivity contribution is 6.03. The number of fused-ring (bicyclic) bond motifs is 4. The lowest BCUT2D eigenvalue weighted by atomic mass is 10.0. The van der Waals surface area contributed by atoms with Crippen LogP contribution in [0.15, 0.2) is 176 Å². The summed E-state index contributed by atoms with van der Waals surface area (Å²) in [5.74, 6) is 0. The van der Waals surface area contributed by atoms with Gasteiger partial charge in [-0.2, -0.15) is 0 Å². The summed E-state index contributed by atoms with van der Waals surface area (Å²) < 4.78 is 2.18. The molecule has 5 nitrogen and oxygen atoms in total. The predicted molar refractivity (Wildman–Crippen MR) is 197 cm³/mol. The van der Waals surface area contributed by atoms with E-state index in [1.165, 1.54) is 0 Å². The number of hydrogen-bond donors (Lipinski definition) is 0. The first kappa shape index (κ1) is 27.7. The van der Waals surface area contributed by atoms with E-state index in [1.807, 2.05) is 30.6 Å². The summed E-state index contributed by atoms with van der Waals surface area (Å²) in [6, 6.07) is 55.0. The first-order chi connectivity index (χ1) is 23.8. The van der Waals surface area contributed by atoms with Crippen molar-refractivity contribution in [3.8, 4) is 33.6 Å². The van der Waals surface area contributed by atoms with Crippen LogP contribution >= 0.6 is 0 Å². The zero-order chi connectivity index (χ0) is 31.9. The maximum absolute atomic E-state index is 5.06. The molecule has 9 rings (SSSR count). The molecule has 5 aromatic carbocycles. The number of nitrogens with zero attached hydrogens (tertiary/aromatic N) is 5. The molecule has 0 aliphatic rings. The van der Waals surface area contributed by atoms with Crippen LogP contribution < -0.4 is 4.90 Å². The van der Waals surface area contributed by atoms with Gasteiger partial charge in [-0.05, 0) is 66.2 Å². The Bertz CT molecular complexity index is 2560. The molecule has 0 aliphatic heterocycles. The van der Waals surface area contributed by atoms with Crippen LogP contribution in [0.2, 0.25) is 0 Å². The summed E-state index contributed by atoms with van der Waals surface area (Å²) in [7, 11) is 0. The number of para-hydroxylation sites is 1. The van der Waals surface area contributed by atoms with E-state index in [0.717, 1.165) is 78.2 Å². The van der Waals surface area contributed by atoms with E-state index < -0.39 is 0 Å². The smallest absolute Gasteiger partial charge is 0.137 e. The summed E-state index contributed by atoms with van der Waals surface area (Å²) in [6.07, 6.45) is 5.86. The van der Waals surface area contributed by atoms with Crippen molar-refractivity contribution in [3.05, 3.63) is 176 Å². The Kier molecular flexibility index (Phi) is 6.72. The standard InChI is InChI=1S/C43H29N5/c1-3-11-31(12-4-1)42-43(47-26-8-7-18-39(47)46-42)34-13-9-17-38(28-34)48(36-15-5-2-6-16-36)37-23-21-30(22-24-37)35-27-33-20-19-32-14-10-25-44-40(32)41(33)45-29-35/h1-29H. The topological polar surface area (TPSA) is 46.3 Å². The summed E-state index contributed by atoms with van der Waals surface area (Å²) in [4.78, 5) is 16.8. The molecular weight excluding hydrogens is 587 g/mol. The molecule has 226 valence electrons. The molecule has 0 fully saturated rings. The highest BCUT2D eigenvalue weighted by Crippen LogP contribution is 2.39. The maximum atomic E-state index is 5.06. The molecule has 0 radical (unpaired) electrons. The third kappa shape index (κ3) is 4.86. The molecular formula is C43H29N5. The van der Waals surface area contributed by atoms with Gasteiger partial charge < -0.3 is 4.90 Å². The van der Waals surface area contributed by atoms with Gasteiger partial charge in [-0.15, -0.1) is 0 Å². The normalized spacial score (nSPS) is 11.3. The fourth-order valence-corrected chi connectivity index (χ4v) is 6.58. The van der Waals surface area contributed by atoms with Crippen molar-refractivity contribution in [2.75, 3.05) is 4.90 Å². The van der Waals surface area contributed by atoms with E-state index in [2.05, 4.69) is 160 Å². The second-order valence-corrected chi connectivity index (χ2v) is 11.8. The lowest BCUT2D eigenvalue weighted by Crippen LogP contribution is -2.10. The van der Waals surface area contributed by atoms with Gasteiger partial charge in [-0.1, -0.05) is 97.1 Å². The first-order valence-corrected chi connectivity index (χ1v) is 16.0. The Morgan fingerprint density at radius 2 is 1.17 bits per heavy atom. The van der Waals surface area contributed by atoms with Crippen LogP contribution in [0.3, 0.4) is 0 Å². The van der Waals surface area contributed by atoms with Gasteiger partial charge >= 0.3 is 0 Å². The monoisotopic (exact) mass is 615 g/mol. The van der Waals surface area contributed by atoms with Crippen molar-refractivity contribution in [1.82, 2.24) is 19.4 Å². The molecule has 4 heterocycles. The van der Waals surface area contributed by atoms with Crippen LogP contribution in [-0.2, 0) is 0 Å². The van der Waals surface area contributed by atoms with Crippen molar-refractivity contribution >= 4 is 44.5 Å². The molecule has 0 bridgehead atoms. The Morgan fingerprint density at radius 3 is 2.02 bits per heavy atom. The summed E-state index contributed by atoms with van der Waals surface area (Å²) in [6.45, 7) is 0. The van der Waals surface area contributed by atoms with E-state index in [0.29, 0.717) is 0 Å². The van der Waals surface area contributed by atoms with Crippen molar-refractivity contribution in [2.24, 2.45) is 0 Å². The average molecular weight is 616 g/mol. The zero-order valence-electron chi connectivity index (χ0n) is 26.0. The molecule has 0 amide bonds. The van der Waals surface area contributed by atoms with Gasteiger partial charge in [0, 0.05) is 63.1 Å². The van der Waals surface area contributed by atoms with Gasteiger partial charge in [-0.25, -0.2) is 4.98 Å². The number of pyridine rings is 3. The lowest BCUT2D eigenvalue weighted by Gasteiger charge is -2.26. The van der Waals surface area contributed by atoms with Gasteiger partial charge in [0.25, 0.3) is 0 Å². The zero-order valence-corrected chi connectivity index (χ0v) is 26.0. The van der Waals surface area contributed by atoms with Crippen LogP contribution in [-0.4, -0.2) is 19.4 Å². The fraction of sp³-hybridized carbons (Fsp3) is 0. The molecule has 9 aromatic rings. The molecule has 0 N–H and O–H groups in total. The maximum Gasteiger partial charge on any atom is 0.137 e. The minimum absolute atomic E-state index is 0.917. The SMILES string of the molecule is c1ccc(-c2nc3ccccn3c2-c2cccc(N(c3ccccc3)c3ccc(-c4cnc5c(ccc6cccnc65)c4)cc3)c2)cc1. The summed E-state index contributed by atoms with van der Waals surface area (Å²) in [5, 5.41) is 2.17. The van der Waals surface area contributed by atoms with Crippen LogP contribution in [0.1, 0.15) is 0 Å². The van der Waals surface area contributed by atoms with Gasteiger partial charge in [-0.3, -0.25) is 14.4 Å². The molecule has 48 heavy (non-hydrogen) atoms. The Balaban J connectivity index is 1.13. The minimum atomic E-state index is 0.917. The van der Waals surface area contributed by atoms with Crippen molar-refractivity contribution in [3.63, 3.8) is 0 Å². The largest absolute Gasteiger partial charge is 0.310 e. The third-order valence-corrected chi connectivity index (χ3v) is 8.85. The van der Waals surface area contributed by atoms with E-state index in [4.69, 9.17) is 9.97 Å². The molecule has 0 saturated heterocycles. The molecule has 5 heteroatoms. The number of imidazole rings is 1. The number of anilines is 3. The molecule has 4 aromatic heterocycles. The van der Waals surface area contributed by atoms with Crippen molar-refractivity contribution in [2.45, 2.75) is 0 Å². The Hall–Kier alpha value is -6.59. The highest BCUT2D eigenvalue weighted by Gasteiger charge is 2.19. The number of benzene rings is 5. The highest BCUT2D eigenvalue weighted by atomic mass is 15.1. The van der Waals surface area contributed by atoms with Gasteiger partial charge in [0.1, 0.15) is 5.65 Å². The second kappa shape index (κ2) is 11.6. The Morgan fingerprint density at radius 1 is 0.458 bits per heavy atom. The molecule has 0 spiro atoms. The van der Waals surface area contributed by atoms with Crippen LogP contribution in [0.4, 0.5) is 17.1 Å². The van der Waals surface area contributed by atoms with E-state index >= 15 is 0 Å². The van der Waals surface area contributed by atoms with Gasteiger partial charge in [0.15, 0.2) is 0 Å². The predicted octanol–water partition coefficient (Wildman–Crippen LogP) is 10.9. The van der Waals surface area contributed by atoms with Gasteiger partial charge in [0.2, 0.25) is 0 Å². The summed E-state index contributed by atoms with van der Waals surface area (Å²) >= 11 is 0. The minimum Gasteiger partial charge on any atom is -0.310 e. The molecule has 0 saturated carbocycles. The molecule has 0 atom stereocenters. The van der Waals surface area contributed by atoms with Crippen LogP contribution in [0.25, 0.3) is 61.1 Å². The lowest BCUT2D eigenvalue weighted by molar-refractivity contribution is 1.19. The number of hydrogen-bond acceptors (Lipinski definition) is 4. The van der Waals surface area contributed by atoms with Crippen LogP contribution in [0.5, 0.6) is 0 Å². The fourth-order valence-electron chi connectivity index (χ4n) is 6.58. The van der Waals surface area contributed by atoms with E-state index in [-0.39, 0.29) is 0 Å². The number of rotatable bonds is 6.